The topological polar surface area (TPSA) is 24.9 Å². The summed E-state index contributed by atoms with van der Waals surface area (Å²) < 4.78 is 14.4. The third-order valence-corrected chi connectivity index (χ3v) is 3.32. The quantitative estimate of drug-likeness (QED) is 0.848. The molecule has 2 aromatic rings. The second kappa shape index (κ2) is 6.24. The van der Waals surface area contributed by atoms with Crippen molar-refractivity contribution in [1.29, 1.82) is 0 Å². The number of halogens is 2. The van der Waals surface area contributed by atoms with Crippen LogP contribution in [0.3, 0.4) is 0 Å². The van der Waals surface area contributed by atoms with Crippen LogP contribution in [0.5, 0.6) is 0 Å². The van der Waals surface area contributed by atoms with Gasteiger partial charge in [-0.3, -0.25) is 4.98 Å². The molecule has 1 unspecified atom stereocenters. The van der Waals surface area contributed by atoms with Crippen molar-refractivity contribution in [2.45, 2.75) is 13.0 Å². The molecule has 1 atom stereocenters. The first-order valence-electron chi connectivity index (χ1n) is 5.80. The summed E-state index contributed by atoms with van der Waals surface area (Å²) in [5, 5.41) is 3.36. The predicted molar refractivity (Wildman–Crippen MR) is 78.9 cm³/mol. The smallest absolute Gasteiger partial charge is 0.141 e. The summed E-state index contributed by atoms with van der Waals surface area (Å²) in [5.74, 6) is -0.305. The van der Waals surface area contributed by atoms with E-state index in [1.165, 1.54) is 12.3 Å². The Morgan fingerprint density at radius 2 is 2.11 bits per heavy atom. The molecule has 0 bridgehead atoms. The molecule has 94 valence electrons. The van der Waals surface area contributed by atoms with Crippen LogP contribution in [0, 0.1) is 9.39 Å². The van der Waals surface area contributed by atoms with Gasteiger partial charge < -0.3 is 5.32 Å². The minimum Gasteiger partial charge on any atom is -0.306 e. The van der Waals surface area contributed by atoms with Crippen LogP contribution in [-0.4, -0.2) is 11.5 Å². The molecular weight excluding hydrogens is 342 g/mol. The standard InChI is InChI=1S/C14H14FIN2/c1-2-18-14(10-4-3-5-13(16)7-10)11-6-12(15)9-17-8-11/h3-9,14,18H,2H2,1H3. The van der Waals surface area contributed by atoms with Crippen LogP contribution in [0.4, 0.5) is 4.39 Å². The highest BCUT2D eigenvalue weighted by molar-refractivity contribution is 14.1. The van der Waals surface area contributed by atoms with E-state index in [-0.39, 0.29) is 11.9 Å². The maximum atomic E-state index is 13.3. The lowest BCUT2D eigenvalue weighted by Crippen LogP contribution is -2.22. The highest BCUT2D eigenvalue weighted by Gasteiger charge is 2.14. The summed E-state index contributed by atoms with van der Waals surface area (Å²) in [4.78, 5) is 3.92. The Morgan fingerprint density at radius 1 is 1.28 bits per heavy atom. The van der Waals surface area contributed by atoms with Crippen molar-refractivity contribution in [3.05, 3.63) is 63.2 Å². The number of aromatic nitrogens is 1. The predicted octanol–water partition coefficient (Wildman–Crippen LogP) is 3.52. The molecule has 0 aliphatic carbocycles. The van der Waals surface area contributed by atoms with Crippen molar-refractivity contribution in [3.8, 4) is 0 Å². The first-order valence-corrected chi connectivity index (χ1v) is 6.88. The van der Waals surface area contributed by atoms with Gasteiger partial charge in [0.1, 0.15) is 5.82 Å². The third-order valence-electron chi connectivity index (χ3n) is 2.65. The van der Waals surface area contributed by atoms with Gasteiger partial charge in [-0.2, -0.15) is 0 Å². The number of nitrogens with one attached hydrogen (secondary N) is 1. The van der Waals surface area contributed by atoms with Crippen molar-refractivity contribution < 1.29 is 4.39 Å². The van der Waals surface area contributed by atoms with E-state index < -0.39 is 0 Å². The molecule has 1 N–H and O–H groups in total. The van der Waals surface area contributed by atoms with E-state index in [1.807, 2.05) is 25.1 Å². The number of pyridine rings is 1. The van der Waals surface area contributed by atoms with Gasteiger partial charge in [-0.15, -0.1) is 0 Å². The molecule has 0 radical (unpaired) electrons. The Kier molecular flexibility index (Phi) is 4.66. The van der Waals surface area contributed by atoms with Gasteiger partial charge in [0.2, 0.25) is 0 Å². The van der Waals surface area contributed by atoms with Crippen LogP contribution in [0.2, 0.25) is 0 Å². The summed E-state index contributed by atoms with van der Waals surface area (Å²) in [7, 11) is 0. The summed E-state index contributed by atoms with van der Waals surface area (Å²) in [6.07, 6.45) is 2.93. The molecule has 2 nitrogen and oxygen atoms in total. The van der Waals surface area contributed by atoms with Crippen LogP contribution >= 0.6 is 22.6 Å². The molecular formula is C14H14FIN2. The van der Waals surface area contributed by atoms with Crippen LogP contribution in [0.1, 0.15) is 24.1 Å². The molecule has 0 saturated carbocycles. The van der Waals surface area contributed by atoms with Gasteiger partial charge in [0.25, 0.3) is 0 Å². The molecule has 0 saturated heterocycles. The molecule has 1 heterocycles. The summed E-state index contributed by atoms with van der Waals surface area (Å²) in [6, 6.07) is 9.69. The Bertz CT molecular complexity index is 485. The largest absolute Gasteiger partial charge is 0.306 e. The maximum absolute atomic E-state index is 13.3. The number of hydrogen-bond donors (Lipinski definition) is 1. The fourth-order valence-corrected chi connectivity index (χ4v) is 2.47. The van der Waals surface area contributed by atoms with Gasteiger partial charge >= 0.3 is 0 Å². The van der Waals surface area contributed by atoms with Gasteiger partial charge in [-0.25, -0.2) is 4.39 Å². The van der Waals surface area contributed by atoms with Crippen molar-refractivity contribution in [3.63, 3.8) is 0 Å². The Labute approximate surface area is 120 Å². The van der Waals surface area contributed by atoms with E-state index in [0.717, 1.165) is 21.2 Å². The molecule has 4 heteroatoms. The van der Waals surface area contributed by atoms with Gasteiger partial charge in [0, 0.05) is 9.77 Å². The molecule has 1 aromatic heterocycles. The van der Waals surface area contributed by atoms with E-state index in [2.05, 4.69) is 39.0 Å². The average molecular weight is 356 g/mol. The highest BCUT2D eigenvalue weighted by atomic mass is 127. The SMILES string of the molecule is CCNC(c1cncc(F)c1)c1cccc(I)c1. The van der Waals surface area contributed by atoms with Crippen LogP contribution in [0.25, 0.3) is 0 Å². The summed E-state index contributed by atoms with van der Waals surface area (Å²) >= 11 is 2.28. The van der Waals surface area contributed by atoms with Crippen molar-refractivity contribution in [2.24, 2.45) is 0 Å². The van der Waals surface area contributed by atoms with Crippen LogP contribution in [0.15, 0.2) is 42.7 Å². The first-order chi connectivity index (χ1) is 8.70. The molecule has 2 rings (SSSR count). The first kappa shape index (κ1) is 13.4. The molecule has 0 aliphatic rings. The lowest BCUT2D eigenvalue weighted by Gasteiger charge is -2.18. The molecule has 0 fully saturated rings. The summed E-state index contributed by atoms with van der Waals surface area (Å²) in [6.45, 7) is 2.85. The second-order valence-electron chi connectivity index (χ2n) is 3.98. The average Bonchev–Trinajstić information content (AvgIpc) is 2.36. The Balaban J connectivity index is 2.39. The lowest BCUT2D eigenvalue weighted by molar-refractivity contribution is 0.596. The molecule has 0 spiro atoms. The highest BCUT2D eigenvalue weighted by Crippen LogP contribution is 2.23. The van der Waals surface area contributed by atoms with E-state index in [1.54, 1.807) is 6.20 Å². The Morgan fingerprint density at radius 3 is 2.78 bits per heavy atom. The van der Waals surface area contributed by atoms with Crippen molar-refractivity contribution >= 4 is 22.6 Å². The Hall–Kier alpha value is -1.01. The van der Waals surface area contributed by atoms with E-state index in [0.29, 0.717) is 0 Å². The minimum absolute atomic E-state index is 0.0204. The normalized spacial score (nSPS) is 12.4. The fourth-order valence-electron chi connectivity index (χ4n) is 1.90. The van der Waals surface area contributed by atoms with Crippen LogP contribution in [-0.2, 0) is 0 Å². The molecule has 0 aliphatic heterocycles. The number of benzene rings is 1. The van der Waals surface area contributed by atoms with Gasteiger partial charge in [-0.1, -0.05) is 19.1 Å². The van der Waals surface area contributed by atoms with Crippen molar-refractivity contribution in [2.75, 3.05) is 6.54 Å². The van der Waals surface area contributed by atoms with E-state index in [9.17, 15) is 4.39 Å². The molecule has 0 amide bonds. The zero-order valence-corrected chi connectivity index (χ0v) is 12.2. The van der Waals surface area contributed by atoms with Crippen molar-refractivity contribution in [1.82, 2.24) is 10.3 Å². The number of nitrogens with zero attached hydrogens (tertiary/aromatic N) is 1. The van der Waals surface area contributed by atoms with E-state index in [4.69, 9.17) is 0 Å². The lowest BCUT2D eigenvalue weighted by atomic mass is 10.0. The van der Waals surface area contributed by atoms with Gasteiger partial charge in [0.05, 0.1) is 12.2 Å². The van der Waals surface area contributed by atoms with E-state index >= 15 is 0 Å². The zero-order valence-electron chi connectivity index (χ0n) is 10.0. The molecule has 1 aromatic carbocycles. The van der Waals surface area contributed by atoms with Crippen LogP contribution < -0.4 is 5.32 Å². The second-order valence-corrected chi connectivity index (χ2v) is 5.23. The number of hydrogen-bond acceptors (Lipinski definition) is 2. The van der Waals surface area contributed by atoms with Gasteiger partial charge in [0.15, 0.2) is 0 Å². The minimum atomic E-state index is -0.305. The summed E-state index contributed by atoms with van der Waals surface area (Å²) in [5.41, 5.74) is 1.97. The third kappa shape index (κ3) is 3.26. The maximum Gasteiger partial charge on any atom is 0.141 e. The monoisotopic (exact) mass is 356 g/mol. The zero-order chi connectivity index (χ0) is 13.0. The molecule has 18 heavy (non-hydrogen) atoms. The van der Waals surface area contributed by atoms with Gasteiger partial charge in [-0.05, 0) is 58.5 Å². The number of rotatable bonds is 4. The fraction of sp³-hybridized carbons (Fsp3) is 0.214.